The second-order valence-electron chi connectivity index (χ2n) is 4.77. The SMILES string of the molecule is CCC(CC)(CBr)Cc1csc2ccccc12. The Morgan fingerprint density at radius 2 is 1.88 bits per heavy atom. The minimum Gasteiger partial charge on any atom is -0.144 e. The second-order valence-corrected chi connectivity index (χ2v) is 6.25. The lowest BCUT2D eigenvalue weighted by atomic mass is 9.79. The summed E-state index contributed by atoms with van der Waals surface area (Å²) in [6.07, 6.45) is 3.66. The molecule has 0 aliphatic carbocycles. The number of alkyl halides is 1. The molecule has 0 N–H and O–H groups in total. The molecule has 0 saturated heterocycles. The van der Waals surface area contributed by atoms with Crippen LogP contribution in [-0.4, -0.2) is 5.33 Å². The Morgan fingerprint density at radius 3 is 2.53 bits per heavy atom. The Kier molecular flexibility index (Phi) is 4.26. The van der Waals surface area contributed by atoms with E-state index in [4.69, 9.17) is 0 Å². The predicted octanol–water partition coefficient (Wildman–Crippen LogP) is 5.65. The van der Waals surface area contributed by atoms with Crippen molar-refractivity contribution in [1.29, 1.82) is 0 Å². The van der Waals surface area contributed by atoms with Crippen molar-refractivity contribution in [1.82, 2.24) is 0 Å². The molecule has 1 aromatic heterocycles. The molecule has 0 aliphatic heterocycles. The van der Waals surface area contributed by atoms with Crippen LogP contribution in [0.2, 0.25) is 0 Å². The van der Waals surface area contributed by atoms with Gasteiger partial charge in [0.1, 0.15) is 0 Å². The molecule has 0 nitrogen and oxygen atoms in total. The van der Waals surface area contributed by atoms with Gasteiger partial charge in [0.15, 0.2) is 0 Å². The molecule has 0 radical (unpaired) electrons. The van der Waals surface area contributed by atoms with Crippen molar-refractivity contribution in [2.24, 2.45) is 5.41 Å². The molecule has 1 aromatic carbocycles. The van der Waals surface area contributed by atoms with E-state index < -0.39 is 0 Å². The van der Waals surface area contributed by atoms with Crippen LogP contribution in [0, 0.1) is 5.41 Å². The Bertz CT molecular complexity index is 474. The summed E-state index contributed by atoms with van der Waals surface area (Å²) >= 11 is 5.58. The normalized spacial score (nSPS) is 12.2. The Labute approximate surface area is 116 Å². The molecule has 17 heavy (non-hydrogen) atoms. The smallest absolute Gasteiger partial charge is 0.0345 e. The molecule has 0 aliphatic rings. The first-order valence-electron chi connectivity index (χ1n) is 6.26. The third-order valence-corrected chi connectivity index (χ3v) is 6.11. The molecule has 92 valence electrons. The fourth-order valence-corrected chi connectivity index (χ4v) is 4.26. The van der Waals surface area contributed by atoms with Crippen molar-refractivity contribution in [3.8, 4) is 0 Å². The van der Waals surface area contributed by atoms with Gasteiger partial charge in [-0.2, -0.15) is 0 Å². The summed E-state index contributed by atoms with van der Waals surface area (Å²) in [5, 5.41) is 4.88. The molecule has 0 saturated carbocycles. The summed E-state index contributed by atoms with van der Waals surface area (Å²) < 4.78 is 1.41. The Morgan fingerprint density at radius 1 is 1.18 bits per heavy atom. The quantitative estimate of drug-likeness (QED) is 0.626. The van der Waals surface area contributed by atoms with Crippen LogP contribution in [0.1, 0.15) is 32.3 Å². The van der Waals surface area contributed by atoms with Gasteiger partial charge >= 0.3 is 0 Å². The molecular formula is C15H19BrS. The molecule has 0 amide bonds. The van der Waals surface area contributed by atoms with Gasteiger partial charge in [0.05, 0.1) is 0 Å². The maximum absolute atomic E-state index is 3.71. The highest BCUT2D eigenvalue weighted by molar-refractivity contribution is 9.09. The van der Waals surface area contributed by atoms with Gasteiger partial charge in [0, 0.05) is 10.0 Å². The number of halogens is 1. The predicted molar refractivity (Wildman–Crippen MR) is 82.3 cm³/mol. The van der Waals surface area contributed by atoms with E-state index in [0.717, 1.165) is 5.33 Å². The standard InChI is InChI=1S/C15H19BrS/c1-3-15(4-2,11-16)9-12-10-17-14-8-6-5-7-13(12)14/h5-8,10H,3-4,9,11H2,1-2H3. The van der Waals surface area contributed by atoms with Gasteiger partial charge in [-0.05, 0) is 47.1 Å². The third kappa shape index (κ3) is 2.58. The van der Waals surface area contributed by atoms with Crippen LogP contribution in [0.4, 0.5) is 0 Å². The lowest BCUT2D eigenvalue weighted by Crippen LogP contribution is -2.23. The van der Waals surface area contributed by atoms with E-state index in [2.05, 4.69) is 59.4 Å². The van der Waals surface area contributed by atoms with Gasteiger partial charge in [0.2, 0.25) is 0 Å². The molecule has 0 atom stereocenters. The zero-order valence-corrected chi connectivity index (χ0v) is 12.9. The zero-order valence-electron chi connectivity index (χ0n) is 10.5. The van der Waals surface area contributed by atoms with Crippen molar-refractivity contribution in [2.75, 3.05) is 5.33 Å². The highest BCUT2D eigenvalue weighted by Gasteiger charge is 2.26. The molecule has 2 heteroatoms. The minimum absolute atomic E-state index is 0.420. The van der Waals surface area contributed by atoms with Gasteiger partial charge in [-0.3, -0.25) is 0 Å². The molecule has 1 heterocycles. The van der Waals surface area contributed by atoms with E-state index in [1.165, 1.54) is 34.9 Å². The first-order valence-corrected chi connectivity index (χ1v) is 8.26. The van der Waals surface area contributed by atoms with Crippen LogP contribution < -0.4 is 0 Å². The van der Waals surface area contributed by atoms with Crippen LogP contribution >= 0.6 is 27.3 Å². The third-order valence-electron chi connectivity index (χ3n) is 3.91. The number of thiophene rings is 1. The fraction of sp³-hybridized carbons (Fsp3) is 0.467. The van der Waals surface area contributed by atoms with Crippen molar-refractivity contribution in [2.45, 2.75) is 33.1 Å². The number of fused-ring (bicyclic) bond motifs is 1. The van der Waals surface area contributed by atoms with Crippen molar-refractivity contribution in [3.05, 3.63) is 35.2 Å². The summed E-state index contributed by atoms with van der Waals surface area (Å²) in [5.41, 5.74) is 1.94. The maximum atomic E-state index is 3.71. The van der Waals surface area contributed by atoms with Crippen molar-refractivity contribution in [3.63, 3.8) is 0 Å². The Hall–Kier alpha value is -0.340. The highest BCUT2D eigenvalue weighted by atomic mass is 79.9. The molecule has 2 rings (SSSR count). The van der Waals surface area contributed by atoms with Gasteiger partial charge in [-0.25, -0.2) is 0 Å². The molecule has 0 unspecified atom stereocenters. The first kappa shape index (κ1) is 13.1. The largest absolute Gasteiger partial charge is 0.144 e. The van der Waals surface area contributed by atoms with E-state index in [1.807, 2.05) is 11.3 Å². The van der Waals surface area contributed by atoms with E-state index in [-0.39, 0.29) is 0 Å². The van der Waals surface area contributed by atoms with Gasteiger partial charge in [-0.1, -0.05) is 48.0 Å². The van der Waals surface area contributed by atoms with Gasteiger partial charge in [0.25, 0.3) is 0 Å². The highest BCUT2D eigenvalue weighted by Crippen LogP contribution is 2.37. The average molecular weight is 311 g/mol. The molecule has 0 bridgehead atoms. The van der Waals surface area contributed by atoms with Crippen LogP contribution in [0.5, 0.6) is 0 Å². The van der Waals surface area contributed by atoms with Gasteiger partial charge in [-0.15, -0.1) is 11.3 Å². The zero-order chi connectivity index (χ0) is 12.3. The summed E-state index contributed by atoms with van der Waals surface area (Å²) in [7, 11) is 0. The van der Waals surface area contributed by atoms with E-state index in [9.17, 15) is 0 Å². The van der Waals surface area contributed by atoms with Crippen molar-refractivity contribution >= 4 is 37.4 Å². The lowest BCUT2D eigenvalue weighted by molar-refractivity contribution is 0.308. The van der Waals surface area contributed by atoms with E-state index in [0.29, 0.717) is 5.41 Å². The average Bonchev–Trinajstić information content (AvgIpc) is 2.79. The number of hydrogen-bond donors (Lipinski definition) is 0. The van der Waals surface area contributed by atoms with E-state index in [1.54, 1.807) is 0 Å². The number of hydrogen-bond acceptors (Lipinski definition) is 1. The lowest BCUT2D eigenvalue weighted by Gasteiger charge is -2.29. The molecular weight excluding hydrogens is 292 g/mol. The van der Waals surface area contributed by atoms with E-state index >= 15 is 0 Å². The second kappa shape index (κ2) is 5.53. The Balaban J connectivity index is 2.34. The summed E-state index contributed by atoms with van der Waals surface area (Å²) in [6.45, 7) is 4.61. The molecule has 0 spiro atoms. The summed E-state index contributed by atoms with van der Waals surface area (Å²) in [6, 6.07) is 8.74. The number of rotatable bonds is 5. The monoisotopic (exact) mass is 310 g/mol. The van der Waals surface area contributed by atoms with Crippen LogP contribution in [0.3, 0.4) is 0 Å². The van der Waals surface area contributed by atoms with Crippen molar-refractivity contribution < 1.29 is 0 Å². The minimum atomic E-state index is 0.420. The fourth-order valence-electron chi connectivity index (χ4n) is 2.31. The van der Waals surface area contributed by atoms with Crippen LogP contribution in [0.15, 0.2) is 29.6 Å². The summed E-state index contributed by atoms with van der Waals surface area (Å²) in [4.78, 5) is 0. The molecule has 2 aromatic rings. The van der Waals surface area contributed by atoms with Gasteiger partial charge < -0.3 is 0 Å². The first-order chi connectivity index (χ1) is 8.24. The maximum Gasteiger partial charge on any atom is 0.0345 e. The summed E-state index contributed by atoms with van der Waals surface area (Å²) in [5.74, 6) is 0. The van der Waals surface area contributed by atoms with Crippen LogP contribution in [0.25, 0.3) is 10.1 Å². The molecule has 0 fully saturated rings. The number of benzene rings is 1. The van der Waals surface area contributed by atoms with Crippen LogP contribution in [-0.2, 0) is 6.42 Å². The topological polar surface area (TPSA) is 0 Å².